The lowest BCUT2D eigenvalue weighted by Gasteiger charge is -2.24. The highest BCUT2D eigenvalue weighted by molar-refractivity contribution is 5.85. The van der Waals surface area contributed by atoms with Crippen LogP contribution in [0.5, 0.6) is 0 Å². The molecule has 2 bridgehead atoms. The van der Waals surface area contributed by atoms with Crippen LogP contribution in [0.3, 0.4) is 0 Å². The maximum Gasteiger partial charge on any atom is 0.223 e. The fourth-order valence-electron chi connectivity index (χ4n) is 3.27. The van der Waals surface area contributed by atoms with Gasteiger partial charge in [-0.15, -0.1) is 12.4 Å². The van der Waals surface area contributed by atoms with Gasteiger partial charge in [-0.1, -0.05) is 0 Å². The molecule has 2 saturated heterocycles. The first-order valence-corrected chi connectivity index (χ1v) is 8.04. The van der Waals surface area contributed by atoms with Gasteiger partial charge in [-0.2, -0.15) is 0 Å². The molecule has 0 aromatic rings. The smallest absolute Gasteiger partial charge is 0.223 e. The molecule has 21 heavy (non-hydrogen) atoms. The Morgan fingerprint density at radius 2 is 1.86 bits per heavy atom. The van der Waals surface area contributed by atoms with Gasteiger partial charge < -0.3 is 15.5 Å². The molecule has 3 fully saturated rings. The van der Waals surface area contributed by atoms with Crippen molar-refractivity contribution in [3.8, 4) is 0 Å². The molecule has 3 rings (SSSR count). The van der Waals surface area contributed by atoms with E-state index in [4.69, 9.17) is 0 Å². The third-order valence-corrected chi connectivity index (χ3v) is 4.69. The average molecular weight is 316 g/mol. The number of halogens is 1. The average Bonchev–Trinajstić information content (AvgIpc) is 3.20. The number of fused-ring (bicyclic) bond motifs is 2. The summed E-state index contributed by atoms with van der Waals surface area (Å²) >= 11 is 0. The summed E-state index contributed by atoms with van der Waals surface area (Å²) < 4.78 is 0. The zero-order chi connectivity index (χ0) is 13.9. The Morgan fingerprint density at radius 3 is 2.62 bits per heavy atom. The lowest BCUT2D eigenvalue weighted by atomic mass is 10.1. The summed E-state index contributed by atoms with van der Waals surface area (Å²) in [6.45, 7) is 2.39. The molecule has 3 aliphatic rings. The Kier molecular flexibility index (Phi) is 5.88. The quantitative estimate of drug-likeness (QED) is 0.746. The van der Waals surface area contributed by atoms with Gasteiger partial charge in [-0.25, -0.2) is 0 Å². The van der Waals surface area contributed by atoms with Crippen LogP contribution in [0.2, 0.25) is 0 Å². The van der Waals surface area contributed by atoms with Crippen LogP contribution >= 0.6 is 12.4 Å². The molecule has 2 amide bonds. The van der Waals surface area contributed by atoms with E-state index in [9.17, 15) is 9.59 Å². The molecule has 2 aliphatic heterocycles. The van der Waals surface area contributed by atoms with Crippen LogP contribution in [0.15, 0.2) is 0 Å². The van der Waals surface area contributed by atoms with E-state index in [2.05, 4.69) is 10.6 Å². The first-order chi connectivity index (χ1) is 9.72. The van der Waals surface area contributed by atoms with Crippen molar-refractivity contribution in [2.45, 2.75) is 57.0 Å². The number of hydrogen-bond donors (Lipinski definition) is 2. The van der Waals surface area contributed by atoms with Crippen LogP contribution in [0.25, 0.3) is 0 Å². The van der Waals surface area contributed by atoms with Crippen molar-refractivity contribution in [1.29, 1.82) is 0 Å². The van der Waals surface area contributed by atoms with Crippen LogP contribution in [0.1, 0.15) is 44.9 Å². The number of nitrogens with zero attached hydrogens (tertiary/aromatic N) is 1. The van der Waals surface area contributed by atoms with Crippen molar-refractivity contribution in [3.05, 3.63) is 0 Å². The highest BCUT2D eigenvalue weighted by atomic mass is 35.5. The third kappa shape index (κ3) is 4.58. The van der Waals surface area contributed by atoms with Crippen molar-refractivity contribution < 1.29 is 9.59 Å². The molecular weight excluding hydrogens is 290 g/mol. The summed E-state index contributed by atoms with van der Waals surface area (Å²) in [6.07, 6.45) is 6.94. The highest BCUT2D eigenvalue weighted by Crippen LogP contribution is 2.28. The maximum absolute atomic E-state index is 12.2. The van der Waals surface area contributed by atoms with Gasteiger partial charge in [0.1, 0.15) is 0 Å². The normalized spacial score (nSPS) is 27.7. The van der Waals surface area contributed by atoms with Crippen molar-refractivity contribution in [2.75, 3.05) is 19.6 Å². The molecule has 2 heterocycles. The predicted octanol–water partition coefficient (Wildman–Crippen LogP) is 1.07. The van der Waals surface area contributed by atoms with Crippen LogP contribution in [0, 0.1) is 5.92 Å². The molecule has 2 N–H and O–H groups in total. The zero-order valence-electron chi connectivity index (χ0n) is 12.5. The van der Waals surface area contributed by atoms with E-state index in [1.54, 1.807) is 0 Å². The minimum absolute atomic E-state index is 0. The van der Waals surface area contributed by atoms with E-state index in [1.165, 1.54) is 12.8 Å². The predicted molar refractivity (Wildman–Crippen MR) is 83.4 cm³/mol. The summed E-state index contributed by atoms with van der Waals surface area (Å²) in [5.41, 5.74) is 0. The molecule has 2 unspecified atom stereocenters. The summed E-state index contributed by atoms with van der Waals surface area (Å²) in [5.74, 6) is 0.687. The van der Waals surface area contributed by atoms with Crippen LogP contribution in [0.4, 0.5) is 0 Å². The molecule has 0 aromatic heterocycles. The van der Waals surface area contributed by atoms with E-state index in [0.29, 0.717) is 25.0 Å². The van der Waals surface area contributed by atoms with Crippen molar-refractivity contribution in [3.63, 3.8) is 0 Å². The molecule has 120 valence electrons. The standard InChI is InChI=1S/C15H25N3O2.ClH/c19-14(2-1-8-16-15(20)11-3-4-11)18-9-7-12-5-6-13(10-18)17-12;/h11-13,17H,1-10H2,(H,16,20);1H. The van der Waals surface area contributed by atoms with Crippen LogP contribution in [-0.4, -0.2) is 48.4 Å². The Hall–Kier alpha value is -0.810. The maximum atomic E-state index is 12.2. The molecule has 0 radical (unpaired) electrons. The summed E-state index contributed by atoms with van der Waals surface area (Å²) in [7, 11) is 0. The van der Waals surface area contributed by atoms with Gasteiger partial charge in [-0.05, 0) is 38.5 Å². The monoisotopic (exact) mass is 315 g/mol. The van der Waals surface area contributed by atoms with Crippen LogP contribution < -0.4 is 10.6 Å². The fourth-order valence-corrected chi connectivity index (χ4v) is 3.27. The topological polar surface area (TPSA) is 61.4 Å². The molecule has 6 heteroatoms. The van der Waals surface area contributed by atoms with E-state index < -0.39 is 0 Å². The van der Waals surface area contributed by atoms with Crippen molar-refractivity contribution >= 4 is 24.2 Å². The SMILES string of the molecule is Cl.O=C(NCCCC(=O)N1CCC2CCC(C1)N2)C1CC1. The molecular formula is C15H26ClN3O2. The van der Waals surface area contributed by atoms with E-state index in [1.807, 2.05) is 4.90 Å². The first-order valence-electron chi connectivity index (χ1n) is 8.04. The number of hydrogen-bond acceptors (Lipinski definition) is 3. The van der Waals surface area contributed by atoms with Gasteiger partial charge in [0, 0.05) is 44.1 Å². The minimum Gasteiger partial charge on any atom is -0.356 e. The van der Waals surface area contributed by atoms with Crippen molar-refractivity contribution in [2.24, 2.45) is 5.92 Å². The first kappa shape index (κ1) is 16.6. The largest absolute Gasteiger partial charge is 0.356 e. The molecule has 0 aromatic carbocycles. The van der Waals surface area contributed by atoms with Gasteiger partial charge in [0.15, 0.2) is 0 Å². The lowest BCUT2D eigenvalue weighted by Crippen LogP contribution is -2.39. The summed E-state index contributed by atoms with van der Waals surface area (Å²) in [6, 6.07) is 1.12. The second-order valence-corrected chi connectivity index (χ2v) is 6.44. The van der Waals surface area contributed by atoms with E-state index >= 15 is 0 Å². The Bertz CT molecular complexity index is 387. The Labute approximate surface area is 132 Å². The lowest BCUT2D eigenvalue weighted by molar-refractivity contribution is -0.131. The molecule has 2 atom stereocenters. The number of likely N-dealkylation sites (tertiary alicyclic amines) is 1. The third-order valence-electron chi connectivity index (χ3n) is 4.69. The van der Waals surface area contributed by atoms with Gasteiger partial charge in [0.2, 0.25) is 11.8 Å². The zero-order valence-corrected chi connectivity index (χ0v) is 13.3. The van der Waals surface area contributed by atoms with Gasteiger partial charge in [0.25, 0.3) is 0 Å². The highest BCUT2D eigenvalue weighted by Gasteiger charge is 2.31. The van der Waals surface area contributed by atoms with Crippen molar-refractivity contribution in [1.82, 2.24) is 15.5 Å². The van der Waals surface area contributed by atoms with E-state index in [0.717, 1.165) is 38.8 Å². The fraction of sp³-hybridized carbons (Fsp3) is 0.867. The number of carbonyl (C=O) groups excluding carboxylic acids is 2. The molecule has 1 saturated carbocycles. The number of carbonyl (C=O) groups is 2. The molecule has 5 nitrogen and oxygen atoms in total. The van der Waals surface area contributed by atoms with Crippen LogP contribution in [-0.2, 0) is 9.59 Å². The Balaban J connectivity index is 0.00000161. The van der Waals surface area contributed by atoms with Gasteiger partial charge in [-0.3, -0.25) is 9.59 Å². The van der Waals surface area contributed by atoms with Gasteiger partial charge >= 0.3 is 0 Å². The van der Waals surface area contributed by atoms with E-state index in [-0.39, 0.29) is 30.1 Å². The van der Waals surface area contributed by atoms with Gasteiger partial charge in [0.05, 0.1) is 0 Å². The molecule has 0 spiro atoms. The number of rotatable bonds is 5. The number of nitrogens with one attached hydrogen (secondary N) is 2. The minimum atomic E-state index is 0. The summed E-state index contributed by atoms with van der Waals surface area (Å²) in [4.78, 5) is 25.7. The summed E-state index contributed by atoms with van der Waals surface area (Å²) in [5, 5.41) is 6.51. The Morgan fingerprint density at radius 1 is 1.10 bits per heavy atom. The second-order valence-electron chi connectivity index (χ2n) is 6.44. The second kappa shape index (κ2) is 7.45. The molecule has 1 aliphatic carbocycles. The number of amides is 2.